The van der Waals surface area contributed by atoms with Crippen molar-refractivity contribution in [2.24, 2.45) is 0 Å². The average Bonchev–Trinajstić information content (AvgIpc) is 3.26. The van der Waals surface area contributed by atoms with Gasteiger partial charge in [0.1, 0.15) is 0 Å². The van der Waals surface area contributed by atoms with Crippen molar-refractivity contribution in [1.29, 1.82) is 0 Å². The molecular weight excluding hydrogens is 248 g/mol. The maximum absolute atomic E-state index is 2.28. The van der Waals surface area contributed by atoms with Crippen molar-refractivity contribution in [2.75, 3.05) is 0 Å². The molecular formula is C18H10S. The van der Waals surface area contributed by atoms with Gasteiger partial charge in [-0.1, -0.05) is 66.4 Å². The number of benzene rings is 4. The Morgan fingerprint density at radius 2 is 1.21 bits per heavy atom. The number of rotatable bonds is 0. The molecule has 1 heteroatoms. The smallest absolute Gasteiger partial charge is 0.0341 e. The summed E-state index contributed by atoms with van der Waals surface area (Å²) >= 11 is 1.90. The third kappa shape index (κ3) is 1.26. The van der Waals surface area contributed by atoms with Crippen LogP contribution >= 0.6 is 11.8 Å². The van der Waals surface area contributed by atoms with Crippen LogP contribution in [0.5, 0.6) is 0 Å². The summed E-state index contributed by atoms with van der Waals surface area (Å²) in [6.45, 7) is 0. The van der Waals surface area contributed by atoms with E-state index in [0.717, 1.165) is 0 Å². The molecule has 0 aliphatic carbocycles. The van der Waals surface area contributed by atoms with Crippen molar-refractivity contribution in [3.8, 4) is 0 Å². The Morgan fingerprint density at radius 3 is 2.21 bits per heavy atom. The lowest BCUT2D eigenvalue weighted by Gasteiger charge is -2.06. The Hall–Kier alpha value is -1.99. The van der Waals surface area contributed by atoms with E-state index >= 15 is 0 Å². The molecule has 5 rings (SSSR count). The van der Waals surface area contributed by atoms with E-state index in [0.29, 0.717) is 0 Å². The fourth-order valence-corrected chi connectivity index (χ4v) is 3.80. The van der Waals surface area contributed by atoms with E-state index in [1.165, 1.54) is 42.1 Å². The highest BCUT2D eigenvalue weighted by Gasteiger charge is 2.21. The molecule has 1 heterocycles. The van der Waals surface area contributed by atoms with Crippen LogP contribution < -0.4 is 0 Å². The van der Waals surface area contributed by atoms with E-state index in [9.17, 15) is 0 Å². The van der Waals surface area contributed by atoms with Crippen LogP contribution in [0.3, 0.4) is 0 Å². The van der Waals surface area contributed by atoms with Gasteiger partial charge in [0.25, 0.3) is 0 Å². The lowest BCUT2D eigenvalue weighted by Crippen LogP contribution is -1.79. The van der Waals surface area contributed by atoms with Gasteiger partial charge in [-0.2, -0.15) is 0 Å². The van der Waals surface area contributed by atoms with Crippen molar-refractivity contribution in [1.82, 2.24) is 0 Å². The van der Waals surface area contributed by atoms with Crippen LogP contribution in [-0.2, 0) is 0 Å². The van der Waals surface area contributed by atoms with Crippen LogP contribution in [0.1, 0.15) is 0 Å². The van der Waals surface area contributed by atoms with Gasteiger partial charge in [-0.05, 0) is 38.4 Å². The van der Waals surface area contributed by atoms with E-state index in [1.54, 1.807) is 0 Å². The molecule has 88 valence electrons. The van der Waals surface area contributed by atoms with Gasteiger partial charge in [-0.25, -0.2) is 0 Å². The molecule has 0 bridgehead atoms. The summed E-state index contributed by atoms with van der Waals surface area (Å²) < 4.78 is 0. The maximum Gasteiger partial charge on any atom is 0.0341 e. The van der Waals surface area contributed by atoms with Crippen LogP contribution in [0, 0.1) is 0 Å². The van der Waals surface area contributed by atoms with Crippen molar-refractivity contribution < 1.29 is 0 Å². The van der Waals surface area contributed by atoms with Crippen molar-refractivity contribution >= 4 is 44.1 Å². The predicted octanol–water partition coefficient (Wildman–Crippen LogP) is 5.61. The zero-order valence-electron chi connectivity index (χ0n) is 10.2. The predicted molar refractivity (Wildman–Crippen MR) is 83.1 cm³/mol. The number of hydrogen-bond donors (Lipinski definition) is 0. The molecule has 1 aliphatic rings. The molecule has 0 nitrogen and oxygen atoms in total. The van der Waals surface area contributed by atoms with Gasteiger partial charge in [0.15, 0.2) is 0 Å². The Bertz CT molecular complexity index is 983. The fourth-order valence-electron chi connectivity index (χ4n) is 3.03. The molecule has 0 aromatic heterocycles. The first-order valence-corrected chi connectivity index (χ1v) is 7.28. The molecule has 1 aliphatic heterocycles. The topological polar surface area (TPSA) is 0 Å². The largest absolute Gasteiger partial charge is 0.0870 e. The van der Waals surface area contributed by atoms with Gasteiger partial charge in [0.2, 0.25) is 0 Å². The van der Waals surface area contributed by atoms with Crippen molar-refractivity contribution in [3.05, 3.63) is 60.7 Å². The molecule has 0 unspecified atom stereocenters. The van der Waals surface area contributed by atoms with Crippen molar-refractivity contribution in [2.45, 2.75) is 9.79 Å². The Morgan fingerprint density at radius 1 is 0.526 bits per heavy atom. The molecule has 0 atom stereocenters. The normalized spacial score (nSPS) is 13.1. The summed E-state index contributed by atoms with van der Waals surface area (Å²) in [5.41, 5.74) is 0. The first kappa shape index (κ1) is 9.88. The van der Waals surface area contributed by atoms with E-state index in [4.69, 9.17) is 0 Å². The molecule has 0 radical (unpaired) electrons. The standard InChI is InChI=1S/C18H10S/c1-2-4-12-11(3-1)5-6-14-13(12)7-8-16-15(14)9-10-17-18(16)19-17/h1-10H. The Balaban J connectivity index is 2.07. The highest BCUT2D eigenvalue weighted by atomic mass is 32.2. The van der Waals surface area contributed by atoms with Crippen LogP contribution in [0.4, 0.5) is 0 Å². The van der Waals surface area contributed by atoms with Crippen molar-refractivity contribution in [3.63, 3.8) is 0 Å². The summed E-state index contributed by atoms with van der Waals surface area (Å²) in [5, 5.41) is 8.18. The van der Waals surface area contributed by atoms with Crippen LogP contribution in [0.15, 0.2) is 70.5 Å². The third-order valence-corrected chi connectivity index (χ3v) is 5.01. The molecule has 0 fully saturated rings. The number of fused-ring (bicyclic) bond motifs is 7. The van der Waals surface area contributed by atoms with Crippen LogP contribution in [-0.4, -0.2) is 0 Å². The van der Waals surface area contributed by atoms with Gasteiger partial charge < -0.3 is 0 Å². The van der Waals surface area contributed by atoms with Crippen LogP contribution in [0.2, 0.25) is 0 Å². The first-order valence-electron chi connectivity index (χ1n) is 6.47. The summed E-state index contributed by atoms with van der Waals surface area (Å²) in [6, 6.07) is 22.2. The summed E-state index contributed by atoms with van der Waals surface area (Å²) in [4.78, 5) is 2.90. The summed E-state index contributed by atoms with van der Waals surface area (Å²) in [7, 11) is 0. The summed E-state index contributed by atoms with van der Waals surface area (Å²) in [6.07, 6.45) is 0. The Kier molecular flexibility index (Phi) is 1.72. The maximum atomic E-state index is 2.28. The van der Waals surface area contributed by atoms with Gasteiger partial charge in [0.05, 0.1) is 0 Å². The zero-order valence-corrected chi connectivity index (χ0v) is 11.0. The molecule has 0 spiro atoms. The van der Waals surface area contributed by atoms with E-state index in [2.05, 4.69) is 60.7 Å². The third-order valence-electron chi connectivity index (χ3n) is 4.01. The Labute approximate surface area is 115 Å². The molecule has 4 aromatic carbocycles. The lowest BCUT2D eigenvalue weighted by molar-refractivity contribution is 1.45. The zero-order chi connectivity index (χ0) is 12.4. The minimum Gasteiger partial charge on any atom is -0.0870 e. The molecule has 0 N–H and O–H groups in total. The molecule has 4 aromatic rings. The highest BCUT2D eigenvalue weighted by Crippen LogP contribution is 2.53. The van der Waals surface area contributed by atoms with E-state index in [-0.39, 0.29) is 0 Å². The average molecular weight is 258 g/mol. The minimum absolute atomic E-state index is 1.32. The van der Waals surface area contributed by atoms with E-state index in [1.807, 2.05) is 11.8 Å². The molecule has 0 saturated carbocycles. The molecule has 19 heavy (non-hydrogen) atoms. The second kappa shape index (κ2) is 3.31. The lowest BCUT2D eigenvalue weighted by atomic mass is 9.97. The second-order valence-corrected chi connectivity index (χ2v) is 6.09. The van der Waals surface area contributed by atoms with E-state index < -0.39 is 0 Å². The molecule has 0 saturated heterocycles. The van der Waals surface area contributed by atoms with Gasteiger partial charge >= 0.3 is 0 Å². The van der Waals surface area contributed by atoms with Gasteiger partial charge in [-0.15, -0.1) is 0 Å². The van der Waals surface area contributed by atoms with Gasteiger partial charge in [-0.3, -0.25) is 0 Å². The SMILES string of the molecule is c1ccc2c(c1)ccc1c3ccc4c(c3ccc21)S4. The highest BCUT2D eigenvalue weighted by molar-refractivity contribution is 8.05. The van der Waals surface area contributed by atoms with Gasteiger partial charge in [0, 0.05) is 9.79 Å². The second-order valence-electron chi connectivity index (χ2n) is 5.04. The minimum atomic E-state index is 1.32. The fraction of sp³-hybridized carbons (Fsp3) is 0. The first-order chi connectivity index (χ1) is 9.42. The monoisotopic (exact) mass is 258 g/mol. The quantitative estimate of drug-likeness (QED) is 0.257. The number of hydrogen-bond acceptors (Lipinski definition) is 1. The summed E-state index contributed by atoms with van der Waals surface area (Å²) in [5.74, 6) is 0. The van der Waals surface area contributed by atoms with Crippen LogP contribution in [0.25, 0.3) is 32.3 Å². The molecule has 0 amide bonds.